The lowest BCUT2D eigenvalue weighted by Crippen LogP contribution is -2.37. The molecule has 1 aromatic carbocycles. The van der Waals surface area contributed by atoms with Crippen LogP contribution in [-0.4, -0.2) is 48.3 Å². The third-order valence-electron chi connectivity index (χ3n) is 6.27. The second kappa shape index (κ2) is 12.0. The van der Waals surface area contributed by atoms with Crippen LogP contribution in [0.4, 0.5) is 11.4 Å². The number of aryl methyl sites for hydroxylation is 1. The molecule has 2 N–H and O–H groups in total. The van der Waals surface area contributed by atoms with Gasteiger partial charge in [-0.15, -0.1) is 5.10 Å². The van der Waals surface area contributed by atoms with Crippen LogP contribution < -0.4 is 10.6 Å². The van der Waals surface area contributed by atoms with Crippen LogP contribution in [-0.2, 0) is 9.59 Å². The third kappa shape index (κ3) is 6.70. The summed E-state index contributed by atoms with van der Waals surface area (Å²) in [5.74, 6) is 0.136. The quantitative estimate of drug-likeness (QED) is 0.240. The van der Waals surface area contributed by atoms with Gasteiger partial charge >= 0.3 is 0 Å². The molecule has 37 heavy (non-hydrogen) atoms. The molecule has 1 aliphatic carbocycles. The van der Waals surface area contributed by atoms with Crippen LogP contribution >= 0.6 is 11.8 Å². The van der Waals surface area contributed by atoms with Crippen molar-refractivity contribution in [2.75, 3.05) is 11.1 Å². The van der Waals surface area contributed by atoms with Gasteiger partial charge in [0.2, 0.25) is 11.8 Å². The van der Waals surface area contributed by atoms with Crippen molar-refractivity contribution in [3.63, 3.8) is 0 Å². The zero-order valence-electron chi connectivity index (χ0n) is 20.7. The van der Waals surface area contributed by atoms with Crippen LogP contribution in [0.25, 0.3) is 11.4 Å². The number of hydrogen-bond acceptors (Lipinski definition) is 8. The van der Waals surface area contributed by atoms with Gasteiger partial charge in [0.1, 0.15) is 6.04 Å². The zero-order chi connectivity index (χ0) is 26.4. The highest BCUT2D eigenvalue weighted by Crippen LogP contribution is 2.27. The number of pyridine rings is 1. The Morgan fingerprint density at radius 1 is 1.19 bits per heavy atom. The van der Waals surface area contributed by atoms with Crippen LogP contribution in [0.1, 0.15) is 50.6 Å². The Morgan fingerprint density at radius 3 is 2.59 bits per heavy atom. The molecule has 2 aromatic heterocycles. The summed E-state index contributed by atoms with van der Waals surface area (Å²) < 4.78 is 1.50. The second-order valence-corrected chi connectivity index (χ2v) is 9.95. The highest BCUT2D eigenvalue weighted by molar-refractivity contribution is 7.99. The van der Waals surface area contributed by atoms with E-state index in [-0.39, 0.29) is 29.3 Å². The van der Waals surface area contributed by atoms with Gasteiger partial charge in [-0.3, -0.25) is 24.7 Å². The van der Waals surface area contributed by atoms with Crippen LogP contribution in [0.3, 0.4) is 0 Å². The van der Waals surface area contributed by atoms with E-state index in [1.807, 2.05) is 0 Å². The number of thioether (sulfide) groups is 1. The van der Waals surface area contributed by atoms with Gasteiger partial charge in [0.15, 0.2) is 11.0 Å². The molecule has 11 nitrogen and oxygen atoms in total. The van der Waals surface area contributed by atoms with Crippen LogP contribution in [0, 0.1) is 17.0 Å². The Morgan fingerprint density at radius 2 is 1.92 bits per heavy atom. The molecule has 2 amide bonds. The number of non-ortho nitro benzene ring substituents is 1. The van der Waals surface area contributed by atoms with Crippen molar-refractivity contribution in [1.29, 1.82) is 0 Å². The van der Waals surface area contributed by atoms with E-state index in [1.165, 1.54) is 41.1 Å². The molecule has 3 aromatic rings. The first-order valence-corrected chi connectivity index (χ1v) is 13.2. The Kier molecular flexibility index (Phi) is 8.49. The first-order valence-electron chi connectivity index (χ1n) is 12.2. The van der Waals surface area contributed by atoms with Crippen LogP contribution in [0.15, 0.2) is 47.9 Å². The molecule has 1 fully saturated rings. The van der Waals surface area contributed by atoms with Crippen molar-refractivity contribution in [1.82, 2.24) is 25.1 Å². The van der Waals surface area contributed by atoms with Gasteiger partial charge in [-0.2, -0.15) is 0 Å². The number of amides is 2. The molecule has 0 radical (unpaired) electrons. The fourth-order valence-electron chi connectivity index (χ4n) is 4.18. The molecule has 0 spiro atoms. The fourth-order valence-corrected chi connectivity index (χ4v) is 5.00. The van der Waals surface area contributed by atoms with E-state index in [2.05, 4.69) is 25.7 Å². The lowest BCUT2D eigenvalue weighted by atomic mass is 9.95. The van der Waals surface area contributed by atoms with Crippen LogP contribution in [0.5, 0.6) is 0 Å². The molecule has 1 saturated carbocycles. The highest BCUT2D eigenvalue weighted by Gasteiger charge is 2.24. The predicted molar refractivity (Wildman–Crippen MR) is 140 cm³/mol. The van der Waals surface area contributed by atoms with E-state index >= 15 is 0 Å². The Hall–Kier alpha value is -3.80. The molecule has 1 atom stereocenters. The number of nitro groups is 1. The first-order chi connectivity index (χ1) is 17.8. The average molecular weight is 524 g/mol. The van der Waals surface area contributed by atoms with E-state index in [4.69, 9.17) is 0 Å². The standard InChI is InChI=1S/C25H29N7O4S/c1-16-14-20(32(35)36)8-9-21(16)28-24(34)17(2)31-25(29-23(30-31)18-10-12-26-13-11-18)37-15-22(33)27-19-6-4-3-5-7-19/h8-14,17,19H,3-7,15H2,1-2H3,(H,27,33)(H,28,34). The first kappa shape index (κ1) is 26.3. The van der Waals surface area contributed by atoms with Gasteiger partial charge in [-0.05, 0) is 50.5 Å². The SMILES string of the molecule is Cc1cc([N+](=O)[O-])ccc1NC(=O)C(C)n1nc(-c2ccncc2)nc1SCC(=O)NC1CCCCC1. The molecule has 12 heteroatoms. The Balaban J connectivity index is 1.51. The number of nitro benzene ring substituents is 1. The Labute approximate surface area is 218 Å². The molecule has 0 aliphatic heterocycles. The molecule has 1 unspecified atom stereocenters. The van der Waals surface area contributed by atoms with E-state index in [1.54, 1.807) is 38.4 Å². The van der Waals surface area contributed by atoms with Crippen molar-refractivity contribution >= 4 is 35.0 Å². The normalized spacial score (nSPS) is 14.6. The lowest BCUT2D eigenvalue weighted by molar-refractivity contribution is -0.384. The molecular formula is C25H29N7O4S. The van der Waals surface area contributed by atoms with Gasteiger partial charge in [0, 0.05) is 41.8 Å². The minimum Gasteiger partial charge on any atom is -0.353 e. The van der Waals surface area contributed by atoms with Crippen molar-refractivity contribution < 1.29 is 14.5 Å². The van der Waals surface area contributed by atoms with Gasteiger partial charge in [0.05, 0.1) is 10.7 Å². The number of anilines is 1. The summed E-state index contributed by atoms with van der Waals surface area (Å²) >= 11 is 1.23. The summed E-state index contributed by atoms with van der Waals surface area (Å²) in [5, 5.41) is 22.0. The molecule has 0 bridgehead atoms. The van der Waals surface area contributed by atoms with E-state index in [0.717, 1.165) is 31.2 Å². The summed E-state index contributed by atoms with van der Waals surface area (Å²) in [5.41, 5.74) is 1.73. The van der Waals surface area contributed by atoms with E-state index in [9.17, 15) is 19.7 Å². The summed E-state index contributed by atoms with van der Waals surface area (Å²) in [7, 11) is 0. The fraction of sp³-hybridized carbons (Fsp3) is 0.400. The predicted octanol–water partition coefficient (Wildman–Crippen LogP) is 4.30. The highest BCUT2D eigenvalue weighted by atomic mass is 32.2. The molecule has 2 heterocycles. The van der Waals surface area contributed by atoms with Crippen molar-refractivity contribution in [2.24, 2.45) is 0 Å². The number of carbonyl (C=O) groups excluding carboxylic acids is 2. The maximum atomic E-state index is 13.2. The number of nitrogens with zero attached hydrogens (tertiary/aromatic N) is 5. The lowest BCUT2D eigenvalue weighted by Gasteiger charge is -2.22. The summed E-state index contributed by atoms with van der Waals surface area (Å²) in [6.45, 7) is 3.38. The van der Waals surface area contributed by atoms with Gasteiger partial charge < -0.3 is 10.6 Å². The summed E-state index contributed by atoms with van der Waals surface area (Å²) in [4.78, 5) is 44.9. The summed E-state index contributed by atoms with van der Waals surface area (Å²) in [6, 6.07) is 7.25. The van der Waals surface area contributed by atoms with Crippen molar-refractivity contribution in [3.05, 3.63) is 58.4 Å². The third-order valence-corrected chi connectivity index (χ3v) is 7.21. The number of hydrogen-bond donors (Lipinski definition) is 2. The van der Waals surface area contributed by atoms with E-state index < -0.39 is 11.0 Å². The number of nitrogens with one attached hydrogen (secondary N) is 2. The topological polar surface area (TPSA) is 145 Å². The molecule has 1 aliphatic rings. The smallest absolute Gasteiger partial charge is 0.269 e. The van der Waals surface area contributed by atoms with Crippen molar-refractivity contribution in [2.45, 2.75) is 63.2 Å². The minimum absolute atomic E-state index is 0.0491. The maximum Gasteiger partial charge on any atom is 0.269 e. The maximum absolute atomic E-state index is 13.2. The monoisotopic (exact) mass is 523 g/mol. The van der Waals surface area contributed by atoms with Crippen LogP contribution in [0.2, 0.25) is 0 Å². The minimum atomic E-state index is -0.762. The molecule has 4 rings (SSSR count). The number of aromatic nitrogens is 4. The zero-order valence-corrected chi connectivity index (χ0v) is 21.5. The summed E-state index contributed by atoms with van der Waals surface area (Å²) in [6.07, 6.45) is 8.73. The number of rotatable bonds is 9. The van der Waals surface area contributed by atoms with Gasteiger partial charge in [-0.25, -0.2) is 9.67 Å². The second-order valence-electron chi connectivity index (χ2n) is 9.01. The molecule has 194 valence electrons. The average Bonchev–Trinajstić information content (AvgIpc) is 3.33. The largest absolute Gasteiger partial charge is 0.353 e. The number of carbonyl (C=O) groups is 2. The molecular weight excluding hydrogens is 494 g/mol. The number of benzene rings is 1. The Bertz CT molecular complexity index is 1280. The van der Waals surface area contributed by atoms with Crippen molar-refractivity contribution in [3.8, 4) is 11.4 Å². The van der Waals surface area contributed by atoms with Gasteiger partial charge in [0.25, 0.3) is 5.69 Å². The molecule has 0 saturated heterocycles. The van der Waals surface area contributed by atoms with E-state index in [0.29, 0.717) is 22.2 Å². The van der Waals surface area contributed by atoms with Gasteiger partial charge in [-0.1, -0.05) is 31.0 Å².